The minimum absolute atomic E-state index is 0.130. The number of benzene rings is 8. The maximum atomic E-state index is 15.3. The molecular weight excluding hydrogens is 819 g/mol. The molecule has 8 heteroatoms. The molecule has 10 rings (SSSR count). The molecule has 0 N–H and O–H groups in total. The van der Waals surface area contributed by atoms with Gasteiger partial charge in [0.05, 0.1) is 22.9 Å². The first-order valence-electron chi connectivity index (χ1n) is 21.2. The lowest BCUT2D eigenvalue weighted by molar-refractivity contribution is 0.303. The first-order valence-corrected chi connectivity index (χ1v) is 24.8. The van der Waals surface area contributed by atoms with E-state index >= 15 is 9.13 Å². The average Bonchev–Trinajstić information content (AvgIpc) is 3.31. The quantitative estimate of drug-likeness (QED) is 0.114. The Kier molecular flexibility index (Phi) is 10.7. The van der Waals surface area contributed by atoms with Crippen LogP contribution in [0.4, 0.5) is 0 Å². The van der Waals surface area contributed by atoms with Crippen molar-refractivity contribution in [1.82, 2.24) is 0 Å². The van der Waals surface area contributed by atoms with Gasteiger partial charge >= 0.3 is 0 Å². The zero-order valence-corrected chi connectivity index (χ0v) is 36.9. The standard InChI is InChI=1S/C55H46O6P2/c1-55(2,43-29-31-49(58-35-39-17-5-3-6-18-39)41(33-43)37-62(56)53-27-15-11-23-47(53)45-21-9-13-25-51(45)60-62)44-30-32-50(59-36-40-19-7-4-8-20-40)42(34-44)38-63(57)54-28-16-12-24-48(54)46-22-10-14-26-52(46)61-63/h3-34H,35-38H2,1-2H3. The molecule has 0 saturated carbocycles. The van der Waals surface area contributed by atoms with E-state index in [2.05, 4.69) is 38.1 Å². The number of fused-ring (bicyclic) bond motifs is 6. The van der Waals surface area contributed by atoms with Gasteiger partial charge in [-0.15, -0.1) is 0 Å². The highest BCUT2D eigenvalue weighted by molar-refractivity contribution is 7.67. The lowest BCUT2D eigenvalue weighted by Crippen LogP contribution is -2.22. The third-order valence-electron chi connectivity index (χ3n) is 12.2. The van der Waals surface area contributed by atoms with Crippen molar-refractivity contribution in [2.45, 2.75) is 44.8 Å². The van der Waals surface area contributed by atoms with E-state index in [0.717, 1.165) is 55.6 Å². The number of hydrogen-bond donors (Lipinski definition) is 0. The summed E-state index contributed by atoms with van der Waals surface area (Å²) in [4.78, 5) is 0. The summed E-state index contributed by atoms with van der Waals surface area (Å²) in [6.07, 6.45) is 0.261. The molecular formula is C55H46O6P2. The van der Waals surface area contributed by atoms with Crippen molar-refractivity contribution in [3.63, 3.8) is 0 Å². The summed E-state index contributed by atoms with van der Waals surface area (Å²) >= 11 is 0. The zero-order valence-electron chi connectivity index (χ0n) is 35.1. The second kappa shape index (κ2) is 16.6. The van der Waals surface area contributed by atoms with Crippen LogP contribution in [0.1, 0.15) is 47.2 Å². The van der Waals surface area contributed by atoms with Crippen LogP contribution in [0.25, 0.3) is 22.3 Å². The van der Waals surface area contributed by atoms with E-state index in [-0.39, 0.29) is 12.3 Å². The molecule has 8 aromatic carbocycles. The van der Waals surface area contributed by atoms with Gasteiger partial charge in [0, 0.05) is 27.7 Å². The summed E-state index contributed by atoms with van der Waals surface area (Å²) in [6.45, 7) is 5.06. The molecule has 0 spiro atoms. The predicted octanol–water partition coefficient (Wildman–Crippen LogP) is 13.5. The van der Waals surface area contributed by atoms with Crippen molar-refractivity contribution in [3.8, 4) is 45.3 Å². The molecule has 2 unspecified atom stereocenters. The molecule has 6 nitrogen and oxygen atoms in total. The molecule has 0 fully saturated rings. The first-order chi connectivity index (χ1) is 30.7. The number of hydrogen-bond acceptors (Lipinski definition) is 6. The molecule has 2 heterocycles. The molecule has 2 aliphatic rings. The lowest BCUT2D eigenvalue weighted by atomic mass is 9.77. The van der Waals surface area contributed by atoms with E-state index in [1.807, 2.05) is 170 Å². The van der Waals surface area contributed by atoms with Gasteiger partial charge < -0.3 is 18.5 Å². The third-order valence-corrected chi connectivity index (χ3v) is 16.9. The Hall–Kier alpha value is -6.58. The molecule has 0 aromatic heterocycles. The molecule has 0 bridgehead atoms. The summed E-state index contributed by atoms with van der Waals surface area (Å²) in [5.74, 6) is 2.50. The van der Waals surface area contributed by atoms with E-state index in [1.54, 1.807) is 0 Å². The first kappa shape index (κ1) is 40.5. The zero-order chi connectivity index (χ0) is 43.0. The Labute approximate surface area is 369 Å². The summed E-state index contributed by atoms with van der Waals surface area (Å²) in [5.41, 5.74) is 8.71. The van der Waals surface area contributed by atoms with Gasteiger partial charge in [-0.1, -0.05) is 172 Å². The fraction of sp³-hybridized carbons (Fsp3) is 0.127. The van der Waals surface area contributed by atoms with E-state index in [0.29, 0.717) is 46.8 Å². The number of ether oxygens (including phenoxy) is 2. The highest BCUT2D eigenvalue weighted by Gasteiger charge is 2.39. The van der Waals surface area contributed by atoms with Crippen LogP contribution in [0.2, 0.25) is 0 Å². The van der Waals surface area contributed by atoms with Crippen molar-refractivity contribution in [2.75, 3.05) is 0 Å². The third kappa shape index (κ3) is 7.91. The average molecular weight is 865 g/mol. The van der Waals surface area contributed by atoms with Gasteiger partial charge in [0.2, 0.25) is 0 Å². The number of para-hydroxylation sites is 2. The number of rotatable bonds is 12. The maximum absolute atomic E-state index is 15.3. The smallest absolute Gasteiger partial charge is 0.282 e. The predicted molar refractivity (Wildman–Crippen MR) is 253 cm³/mol. The minimum Gasteiger partial charge on any atom is -0.489 e. The van der Waals surface area contributed by atoms with Crippen LogP contribution >= 0.6 is 14.7 Å². The maximum Gasteiger partial charge on any atom is 0.282 e. The highest BCUT2D eigenvalue weighted by atomic mass is 31.2. The Morgan fingerprint density at radius 3 is 1.22 bits per heavy atom. The molecule has 0 aliphatic carbocycles. The summed E-state index contributed by atoms with van der Waals surface area (Å²) < 4.78 is 56.9. The van der Waals surface area contributed by atoms with Crippen molar-refractivity contribution in [3.05, 3.63) is 228 Å². The van der Waals surface area contributed by atoms with Crippen LogP contribution in [0.5, 0.6) is 23.0 Å². The van der Waals surface area contributed by atoms with Gasteiger partial charge in [0.15, 0.2) is 0 Å². The van der Waals surface area contributed by atoms with Crippen molar-refractivity contribution in [2.24, 2.45) is 0 Å². The van der Waals surface area contributed by atoms with Crippen molar-refractivity contribution in [1.29, 1.82) is 0 Å². The molecule has 2 aliphatic heterocycles. The fourth-order valence-electron chi connectivity index (χ4n) is 8.74. The van der Waals surface area contributed by atoms with E-state index in [4.69, 9.17) is 18.5 Å². The van der Waals surface area contributed by atoms with Crippen molar-refractivity contribution >= 4 is 25.3 Å². The molecule has 8 aromatic rings. The van der Waals surface area contributed by atoms with E-state index < -0.39 is 20.2 Å². The van der Waals surface area contributed by atoms with Crippen LogP contribution in [-0.4, -0.2) is 0 Å². The van der Waals surface area contributed by atoms with Gasteiger partial charge in [0.1, 0.15) is 36.2 Å². The normalized spacial score (nSPS) is 17.2. The molecule has 0 saturated heterocycles. The summed E-state index contributed by atoms with van der Waals surface area (Å²) in [6, 6.07) is 63.7. The molecule has 0 amide bonds. The van der Waals surface area contributed by atoms with Crippen LogP contribution in [-0.2, 0) is 40.1 Å². The summed E-state index contributed by atoms with van der Waals surface area (Å²) in [5, 5.41) is 1.39. The van der Waals surface area contributed by atoms with Gasteiger partial charge in [-0.25, -0.2) is 0 Å². The largest absolute Gasteiger partial charge is 0.489 e. The van der Waals surface area contributed by atoms with Gasteiger partial charge in [-0.05, 0) is 69.8 Å². The van der Waals surface area contributed by atoms with Crippen LogP contribution in [0, 0.1) is 0 Å². The molecule has 312 valence electrons. The Morgan fingerprint density at radius 1 is 0.429 bits per heavy atom. The van der Waals surface area contributed by atoms with E-state index in [9.17, 15) is 0 Å². The second-order valence-electron chi connectivity index (χ2n) is 16.7. The monoisotopic (exact) mass is 864 g/mol. The minimum atomic E-state index is -3.49. The van der Waals surface area contributed by atoms with E-state index in [1.165, 1.54) is 0 Å². The molecule has 2 atom stereocenters. The second-order valence-corrected chi connectivity index (χ2v) is 21.3. The molecule has 0 radical (unpaired) electrons. The van der Waals surface area contributed by atoms with Crippen LogP contribution in [0.3, 0.4) is 0 Å². The fourth-order valence-corrected chi connectivity index (χ4v) is 13.5. The van der Waals surface area contributed by atoms with Gasteiger partial charge in [-0.2, -0.15) is 0 Å². The SMILES string of the molecule is CC(C)(c1ccc(OCc2ccccc2)c(CP2(=O)Oc3ccccc3-c3ccccc32)c1)c1ccc(OCc2ccccc2)c(CP2(=O)Oc3ccccc3-c3ccccc32)c1. The summed E-state index contributed by atoms with van der Waals surface area (Å²) in [7, 11) is -6.98. The molecule has 63 heavy (non-hydrogen) atoms. The van der Waals surface area contributed by atoms with Gasteiger partial charge in [0.25, 0.3) is 14.7 Å². The van der Waals surface area contributed by atoms with Gasteiger partial charge in [-0.3, -0.25) is 9.13 Å². The topological polar surface area (TPSA) is 71.1 Å². The Morgan fingerprint density at radius 2 is 0.794 bits per heavy atom. The lowest BCUT2D eigenvalue weighted by Gasteiger charge is -2.31. The van der Waals surface area contributed by atoms with Crippen molar-refractivity contribution < 1.29 is 27.7 Å². The van der Waals surface area contributed by atoms with Crippen LogP contribution in [0.15, 0.2) is 194 Å². The van der Waals surface area contributed by atoms with Crippen LogP contribution < -0.4 is 29.1 Å². The Bertz CT molecular complexity index is 2870. The highest BCUT2D eigenvalue weighted by Crippen LogP contribution is 2.59. The Balaban J connectivity index is 1.04.